The molecule has 0 unspecified atom stereocenters. The van der Waals surface area contributed by atoms with Gasteiger partial charge in [0.25, 0.3) is 0 Å². The lowest BCUT2D eigenvalue weighted by Gasteiger charge is -2.31. The zero-order valence-electron chi connectivity index (χ0n) is 15.3. The Hall–Kier alpha value is -2.75. The van der Waals surface area contributed by atoms with Crippen LogP contribution >= 0.6 is 0 Å². The van der Waals surface area contributed by atoms with Crippen LogP contribution in [0.3, 0.4) is 0 Å². The second-order valence-electron chi connectivity index (χ2n) is 7.16. The number of likely N-dealkylation sites (tertiary alicyclic amines) is 1. The fraction of sp³-hybridized carbons (Fsp3) is 0.318. The van der Waals surface area contributed by atoms with Crippen molar-refractivity contribution in [1.29, 1.82) is 0 Å². The molecule has 0 atom stereocenters. The predicted molar refractivity (Wildman–Crippen MR) is 104 cm³/mol. The minimum Gasteiger partial charge on any atom is -0.410 e. The molecule has 0 aliphatic carbocycles. The van der Waals surface area contributed by atoms with E-state index in [2.05, 4.69) is 37.0 Å². The fourth-order valence-electron chi connectivity index (χ4n) is 3.87. The van der Waals surface area contributed by atoms with Gasteiger partial charge in [-0.15, -0.1) is 0 Å². The largest absolute Gasteiger partial charge is 0.415 e. The van der Waals surface area contributed by atoms with E-state index in [4.69, 9.17) is 4.74 Å². The first-order chi connectivity index (χ1) is 12.6. The van der Waals surface area contributed by atoms with Crippen molar-refractivity contribution in [3.05, 3.63) is 65.4 Å². The molecular weight excluding hydrogens is 324 g/mol. The van der Waals surface area contributed by atoms with Crippen LogP contribution in [0.25, 0.3) is 10.9 Å². The zero-order valence-corrected chi connectivity index (χ0v) is 15.3. The molecule has 1 amide bonds. The molecule has 0 radical (unpaired) electrons. The summed E-state index contributed by atoms with van der Waals surface area (Å²) < 4.78 is 5.46. The number of aromatic amines is 1. The van der Waals surface area contributed by atoms with Crippen LogP contribution in [-0.4, -0.2) is 29.1 Å². The molecule has 2 aromatic carbocycles. The highest BCUT2D eigenvalue weighted by Crippen LogP contribution is 2.34. The average molecular weight is 348 g/mol. The smallest absolute Gasteiger partial charge is 0.410 e. The summed E-state index contributed by atoms with van der Waals surface area (Å²) in [4.78, 5) is 17.8. The van der Waals surface area contributed by atoms with Crippen LogP contribution in [0.5, 0.6) is 5.75 Å². The van der Waals surface area contributed by atoms with E-state index < -0.39 is 0 Å². The van der Waals surface area contributed by atoms with Crippen molar-refractivity contribution in [2.24, 2.45) is 0 Å². The predicted octanol–water partition coefficient (Wildman–Crippen LogP) is 5.16. The Morgan fingerprint density at radius 3 is 2.54 bits per heavy atom. The number of hydrogen-bond acceptors (Lipinski definition) is 2. The van der Waals surface area contributed by atoms with Crippen molar-refractivity contribution in [3.63, 3.8) is 0 Å². The molecule has 26 heavy (non-hydrogen) atoms. The quantitative estimate of drug-likeness (QED) is 0.695. The summed E-state index contributed by atoms with van der Waals surface area (Å²) in [5.41, 5.74) is 5.15. The number of para-hydroxylation sites is 1. The number of piperidine rings is 1. The molecule has 3 aromatic rings. The van der Waals surface area contributed by atoms with Crippen molar-refractivity contribution in [3.8, 4) is 5.75 Å². The summed E-state index contributed by atoms with van der Waals surface area (Å²) in [6.45, 7) is 5.78. The van der Waals surface area contributed by atoms with Gasteiger partial charge in [0.15, 0.2) is 0 Å². The van der Waals surface area contributed by atoms with Gasteiger partial charge in [-0.3, -0.25) is 0 Å². The number of benzene rings is 2. The number of amides is 1. The molecule has 1 aliphatic rings. The summed E-state index contributed by atoms with van der Waals surface area (Å²) in [6.07, 6.45) is 1.66. The van der Waals surface area contributed by atoms with E-state index in [1.165, 1.54) is 27.7 Å². The third-order valence-electron chi connectivity index (χ3n) is 5.36. The first-order valence-electron chi connectivity index (χ1n) is 9.22. The van der Waals surface area contributed by atoms with Crippen molar-refractivity contribution < 1.29 is 9.53 Å². The van der Waals surface area contributed by atoms with Crippen LogP contribution in [0.4, 0.5) is 4.79 Å². The Labute approximate surface area is 153 Å². The number of ether oxygens (including phenoxy) is 1. The highest BCUT2D eigenvalue weighted by molar-refractivity contribution is 5.85. The maximum Gasteiger partial charge on any atom is 0.415 e. The van der Waals surface area contributed by atoms with Crippen LogP contribution in [-0.2, 0) is 0 Å². The number of carbonyl (C=O) groups is 1. The van der Waals surface area contributed by atoms with Gasteiger partial charge in [-0.1, -0.05) is 29.8 Å². The number of aryl methyl sites for hydroxylation is 2. The second kappa shape index (κ2) is 6.87. The highest BCUT2D eigenvalue weighted by atomic mass is 16.6. The minimum absolute atomic E-state index is 0.251. The van der Waals surface area contributed by atoms with E-state index in [0.717, 1.165) is 25.9 Å². The molecule has 1 fully saturated rings. The van der Waals surface area contributed by atoms with Gasteiger partial charge in [-0.2, -0.15) is 0 Å². The molecule has 1 saturated heterocycles. The topological polar surface area (TPSA) is 45.3 Å². The highest BCUT2D eigenvalue weighted by Gasteiger charge is 2.27. The number of rotatable bonds is 2. The molecule has 0 spiro atoms. The Bertz CT molecular complexity index is 922. The molecule has 2 heterocycles. The number of H-pyrrole nitrogens is 1. The normalized spacial score (nSPS) is 15.4. The number of aromatic nitrogens is 1. The molecule has 4 nitrogen and oxygen atoms in total. The molecule has 0 bridgehead atoms. The molecule has 1 N–H and O–H groups in total. The van der Waals surface area contributed by atoms with Crippen LogP contribution in [0.1, 0.15) is 35.6 Å². The summed E-state index contributed by atoms with van der Waals surface area (Å²) >= 11 is 0. The molecule has 4 rings (SSSR count). The Morgan fingerprint density at radius 1 is 1.08 bits per heavy atom. The lowest BCUT2D eigenvalue weighted by molar-refractivity contribution is 0.138. The van der Waals surface area contributed by atoms with Crippen LogP contribution in [0.2, 0.25) is 0 Å². The number of hydrogen-bond donors (Lipinski definition) is 1. The number of nitrogens with zero attached hydrogens (tertiary/aromatic N) is 1. The van der Waals surface area contributed by atoms with Crippen molar-refractivity contribution in [1.82, 2.24) is 9.88 Å². The maximum atomic E-state index is 12.4. The van der Waals surface area contributed by atoms with E-state index in [1.54, 1.807) is 12.1 Å². The Morgan fingerprint density at radius 2 is 1.81 bits per heavy atom. The summed E-state index contributed by atoms with van der Waals surface area (Å²) in [5.74, 6) is 1.06. The Kier molecular flexibility index (Phi) is 4.41. The number of nitrogens with one attached hydrogen (secondary N) is 1. The first-order valence-corrected chi connectivity index (χ1v) is 9.22. The fourth-order valence-corrected chi connectivity index (χ4v) is 3.87. The maximum absolute atomic E-state index is 12.4. The van der Waals surface area contributed by atoms with Crippen molar-refractivity contribution in [2.75, 3.05) is 13.1 Å². The molecule has 4 heteroatoms. The number of fused-ring (bicyclic) bond motifs is 1. The SMILES string of the molecule is Cc1ccc2[nH]c(C3CCN(C(=O)Oc4ccccc4)CC3)c(C)c2c1. The van der Waals surface area contributed by atoms with Crippen molar-refractivity contribution >= 4 is 17.0 Å². The standard InChI is InChI=1S/C22H24N2O2/c1-15-8-9-20-19(14-15)16(2)21(23-20)17-10-12-24(13-11-17)22(25)26-18-6-4-3-5-7-18/h3-9,14,17,23H,10-13H2,1-2H3. The third kappa shape index (κ3) is 3.19. The van der Waals surface area contributed by atoms with E-state index in [1.807, 2.05) is 23.1 Å². The lowest BCUT2D eigenvalue weighted by Crippen LogP contribution is -2.39. The van der Waals surface area contributed by atoms with Crippen LogP contribution in [0.15, 0.2) is 48.5 Å². The summed E-state index contributed by atoms with van der Waals surface area (Å²) in [6, 6.07) is 15.8. The summed E-state index contributed by atoms with van der Waals surface area (Å²) in [5, 5.41) is 1.31. The summed E-state index contributed by atoms with van der Waals surface area (Å²) in [7, 11) is 0. The van der Waals surface area contributed by atoms with Gasteiger partial charge >= 0.3 is 6.09 Å². The zero-order chi connectivity index (χ0) is 18.1. The first kappa shape index (κ1) is 16.7. The van der Waals surface area contributed by atoms with E-state index in [0.29, 0.717) is 11.7 Å². The van der Waals surface area contributed by atoms with Gasteiger partial charge in [-0.25, -0.2) is 4.79 Å². The lowest BCUT2D eigenvalue weighted by atomic mass is 9.91. The van der Waals surface area contributed by atoms with Gasteiger partial charge in [0.05, 0.1) is 0 Å². The van der Waals surface area contributed by atoms with Gasteiger partial charge in [-0.05, 0) is 56.5 Å². The Balaban J connectivity index is 1.44. The number of carbonyl (C=O) groups excluding carboxylic acids is 1. The molecule has 1 aromatic heterocycles. The van der Waals surface area contributed by atoms with Crippen LogP contribution in [0, 0.1) is 13.8 Å². The molecule has 0 saturated carbocycles. The van der Waals surface area contributed by atoms with Gasteiger partial charge in [0, 0.05) is 35.6 Å². The van der Waals surface area contributed by atoms with Gasteiger partial charge < -0.3 is 14.6 Å². The minimum atomic E-state index is -0.251. The molecular formula is C22H24N2O2. The average Bonchev–Trinajstić information content (AvgIpc) is 2.99. The third-order valence-corrected chi connectivity index (χ3v) is 5.36. The van der Waals surface area contributed by atoms with Gasteiger partial charge in [0.2, 0.25) is 0 Å². The van der Waals surface area contributed by atoms with Crippen LogP contribution < -0.4 is 4.74 Å². The van der Waals surface area contributed by atoms with E-state index in [-0.39, 0.29) is 6.09 Å². The van der Waals surface area contributed by atoms with E-state index in [9.17, 15) is 4.79 Å². The molecule has 134 valence electrons. The van der Waals surface area contributed by atoms with Crippen molar-refractivity contribution in [2.45, 2.75) is 32.6 Å². The second-order valence-corrected chi connectivity index (χ2v) is 7.16. The monoisotopic (exact) mass is 348 g/mol. The molecule has 1 aliphatic heterocycles. The van der Waals surface area contributed by atoms with E-state index >= 15 is 0 Å². The van der Waals surface area contributed by atoms with Gasteiger partial charge in [0.1, 0.15) is 5.75 Å².